The van der Waals surface area contributed by atoms with E-state index in [1.54, 1.807) is 18.3 Å². The van der Waals surface area contributed by atoms with Crippen LogP contribution in [0.4, 0.5) is 0 Å². The van der Waals surface area contributed by atoms with Gasteiger partial charge in [-0.05, 0) is 24.6 Å². The Balaban J connectivity index is 2.20. The van der Waals surface area contributed by atoms with Crippen molar-refractivity contribution in [2.24, 2.45) is 5.73 Å². The van der Waals surface area contributed by atoms with E-state index in [0.717, 1.165) is 5.56 Å². The van der Waals surface area contributed by atoms with E-state index in [1.807, 2.05) is 6.92 Å². The summed E-state index contributed by atoms with van der Waals surface area (Å²) in [6.07, 6.45) is 1.67. The molecule has 106 valence electrons. The first kappa shape index (κ1) is 14.8. The largest absolute Gasteiger partial charge is 0.349 e. The molecular weight excluding hydrogens is 301 g/mol. The average Bonchev–Trinajstić information content (AvgIpc) is 2.88. The molecule has 0 spiro atoms. The molecule has 1 amide bonds. The Labute approximate surface area is 125 Å². The molecule has 0 aliphatic rings. The normalized spacial score (nSPS) is 10.6. The van der Waals surface area contributed by atoms with Crippen LogP contribution in [0.2, 0.25) is 10.0 Å². The van der Waals surface area contributed by atoms with Crippen LogP contribution in [-0.4, -0.2) is 27.4 Å². The molecule has 0 fully saturated rings. The number of hydrogen-bond donors (Lipinski definition) is 2. The van der Waals surface area contributed by atoms with E-state index in [2.05, 4.69) is 15.6 Å². The third kappa shape index (κ3) is 3.27. The molecule has 3 N–H and O–H groups in total. The van der Waals surface area contributed by atoms with Crippen molar-refractivity contribution in [2.75, 3.05) is 6.54 Å². The molecule has 0 atom stereocenters. The van der Waals surface area contributed by atoms with Crippen LogP contribution in [0.1, 0.15) is 11.3 Å². The van der Waals surface area contributed by atoms with Crippen LogP contribution in [0.15, 0.2) is 18.3 Å². The molecule has 0 aliphatic heterocycles. The van der Waals surface area contributed by atoms with Gasteiger partial charge in [0.25, 0.3) is 0 Å². The minimum Gasteiger partial charge on any atom is -0.349 e. The van der Waals surface area contributed by atoms with Crippen LogP contribution in [-0.2, 0) is 11.3 Å². The van der Waals surface area contributed by atoms with E-state index < -0.39 is 0 Å². The minimum atomic E-state index is -0.254. The molecule has 1 heterocycles. The Morgan fingerprint density at radius 2 is 2.15 bits per heavy atom. The lowest BCUT2D eigenvalue weighted by atomic mass is 10.2. The summed E-state index contributed by atoms with van der Waals surface area (Å²) in [5, 5.41) is 11.6. The Hall–Kier alpha value is -1.63. The average molecular weight is 314 g/mol. The first-order valence-corrected chi connectivity index (χ1v) is 6.61. The van der Waals surface area contributed by atoms with Gasteiger partial charge in [-0.3, -0.25) is 4.79 Å². The summed E-state index contributed by atoms with van der Waals surface area (Å²) in [7, 11) is 0. The summed E-state index contributed by atoms with van der Waals surface area (Å²) in [5.41, 5.74) is 7.31. The number of nitrogens with zero attached hydrogens (tertiary/aromatic N) is 3. The summed E-state index contributed by atoms with van der Waals surface area (Å²) in [6, 6.07) is 3.48. The van der Waals surface area contributed by atoms with Crippen molar-refractivity contribution in [3.8, 4) is 5.69 Å². The molecule has 20 heavy (non-hydrogen) atoms. The first-order chi connectivity index (χ1) is 9.51. The monoisotopic (exact) mass is 313 g/mol. The van der Waals surface area contributed by atoms with Crippen molar-refractivity contribution in [3.63, 3.8) is 0 Å². The Morgan fingerprint density at radius 1 is 1.40 bits per heavy atom. The van der Waals surface area contributed by atoms with Gasteiger partial charge < -0.3 is 11.1 Å². The fraction of sp³-hybridized carbons (Fsp3) is 0.250. The predicted molar refractivity (Wildman–Crippen MR) is 77.0 cm³/mol. The SMILES string of the molecule is Cc1cc(Cl)c(-n2cc(CNC(=O)CN)nn2)cc1Cl. The Kier molecular flexibility index (Phi) is 4.59. The number of carbonyl (C=O) groups excluding carboxylic acids is 1. The van der Waals surface area contributed by atoms with E-state index >= 15 is 0 Å². The number of nitrogens with two attached hydrogens (primary N) is 1. The fourth-order valence-corrected chi connectivity index (χ4v) is 2.03. The van der Waals surface area contributed by atoms with Crippen molar-refractivity contribution in [1.29, 1.82) is 0 Å². The minimum absolute atomic E-state index is 0.0620. The highest BCUT2D eigenvalue weighted by Crippen LogP contribution is 2.27. The maximum atomic E-state index is 11.1. The third-order valence-corrected chi connectivity index (χ3v) is 3.38. The highest BCUT2D eigenvalue weighted by Gasteiger charge is 2.10. The van der Waals surface area contributed by atoms with Crippen LogP contribution in [0.3, 0.4) is 0 Å². The molecule has 0 unspecified atom stereocenters. The molecule has 8 heteroatoms. The number of amides is 1. The summed E-state index contributed by atoms with van der Waals surface area (Å²) in [6.45, 7) is 2.06. The smallest absolute Gasteiger partial charge is 0.234 e. The van der Waals surface area contributed by atoms with Crippen LogP contribution < -0.4 is 11.1 Å². The Morgan fingerprint density at radius 3 is 2.85 bits per heavy atom. The van der Waals surface area contributed by atoms with E-state index in [9.17, 15) is 4.79 Å². The molecule has 6 nitrogen and oxygen atoms in total. The van der Waals surface area contributed by atoms with Crippen molar-refractivity contribution in [1.82, 2.24) is 20.3 Å². The second-order valence-corrected chi connectivity index (χ2v) is 5.00. The van der Waals surface area contributed by atoms with Crippen molar-refractivity contribution < 1.29 is 4.79 Å². The summed E-state index contributed by atoms with van der Waals surface area (Å²) in [5.74, 6) is -0.254. The number of aromatic nitrogens is 3. The van der Waals surface area contributed by atoms with Gasteiger partial charge in [0.15, 0.2) is 0 Å². The van der Waals surface area contributed by atoms with Crippen molar-refractivity contribution in [2.45, 2.75) is 13.5 Å². The topological polar surface area (TPSA) is 85.8 Å². The molecule has 0 bridgehead atoms. The number of hydrogen-bond acceptors (Lipinski definition) is 4. The second kappa shape index (κ2) is 6.21. The fourth-order valence-electron chi connectivity index (χ4n) is 1.57. The number of halogens is 2. The summed E-state index contributed by atoms with van der Waals surface area (Å²) in [4.78, 5) is 11.1. The molecule has 0 radical (unpaired) electrons. The zero-order valence-electron chi connectivity index (χ0n) is 10.7. The molecule has 0 saturated carbocycles. The molecule has 2 aromatic rings. The molecule has 0 aliphatic carbocycles. The summed E-state index contributed by atoms with van der Waals surface area (Å²) >= 11 is 12.2. The molecule has 1 aromatic heterocycles. The van der Waals surface area contributed by atoms with Gasteiger partial charge in [0, 0.05) is 5.02 Å². The van der Waals surface area contributed by atoms with Gasteiger partial charge in [-0.1, -0.05) is 28.4 Å². The van der Waals surface area contributed by atoms with Gasteiger partial charge in [-0.15, -0.1) is 5.10 Å². The molecule has 1 aromatic carbocycles. The molecule has 0 saturated heterocycles. The number of carbonyl (C=O) groups is 1. The van der Waals surface area contributed by atoms with Crippen molar-refractivity contribution >= 4 is 29.1 Å². The third-order valence-electron chi connectivity index (χ3n) is 2.67. The lowest BCUT2D eigenvalue weighted by Gasteiger charge is -2.06. The van der Waals surface area contributed by atoms with E-state index in [1.165, 1.54) is 4.68 Å². The van der Waals surface area contributed by atoms with E-state index in [4.69, 9.17) is 28.9 Å². The van der Waals surface area contributed by atoms with E-state index in [0.29, 0.717) is 21.4 Å². The van der Waals surface area contributed by atoms with Crippen LogP contribution in [0.5, 0.6) is 0 Å². The van der Waals surface area contributed by atoms with Gasteiger partial charge in [0.2, 0.25) is 5.91 Å². The van der Waals surface area contributed by atoms with Crippen LogP contribution in [0, 0.1) is 6.92 Å². The maximum Gasteiger partial charge on any atom is 0.234 e. The molecule has 2 rings (SSSR count). The highest BCUT2D eigenvalue weighted by molar-refractivity contribution is 6.35. The van der Waals surface area contributed by atoms with E-state index in [-0.39, 0.29) is 19.0 Å². The van der Waals surface area contributed by atoms with Crippen LogP contribution in [0.25, 0.3) is 5.69 Å². The number of nitrogens with one attached hydrogen (secondary N) is 1. The highest BCUT2D eigenvalue weighted by atomic mass is 35.5. The second-order valence-electron chi connectivity index (χ2n) is 4.19. The summed E-state index contributed by atoms with van der Waals surface area (Å²) < 4.78 is 1.51. The van der Waals surface area contributed by atoms with Gasteiger partial charge in [0.05, 0.1) is 30.0 Å². The van der Waals surface area contributed by atoms with Crippen LogP contribution >= 0.6 is 23.2 Å². The number of rotatable bonds is 4. The Bertz CT molecular complexity index is 641. The van der Waals surface area contributed by atoms with Gasteiger partial charge in [-0.2, -0.15) is 0 Å². The number of benzene rings is 1. The van der Waals surface area contributed by atoms with Gasteiger partial charge >= 0.3 is 0 Å². The zero-order valence-corrected chi connectivity index (χ0v) is 12.2. The quantitative estimate of drug-likeness (QED) is 0.894. The lowest BCUT2D eigenvalue weighted by Crippen LogP contribution is -2.29. The zero-order chi connectivity index (χ0) is 14.7. The molecular formula is C12H13Cl2N5O. The van der Waals surface area contributed by atoms with Crippen molar-refractivity contribution in [3.05, 3.63) is 39.6 Å². The maximum absolute atomic E-state index is 11.1. The first-order valence-electron chi connectivity index (χ1n) is 5.85. The van der Waals surface area contributed by atoms with Gasteiger partial charge in [0.1, 0.15) is 5.69 Å². The predicted octanol–water partition coefficient (Wildman–Crippen LogP) is 1.46. The van der Waals surface area contributed by atoms with Gasteiger partial charge in [-0.25, -0.2) is 4.68 Å². The standard InChI is InChI=1S/C12H13Cl2N5O/c1-7-2-10(14)11(3-9(7)13)19-6-8(17-18-19)5-16-12(20)4-15/h2-3,6H,4-5,15H2,1H3,(H,16,20). The number of aryl methyl sites for hydroxylation is 1. The lowest BCUT2D eigenvalue weighted by molar-refractivity contribution is -0.119.